The van der Waals surface area contributed by atoms with Crippen molar-refractivity contribution < 1.29 is 23.9 Å². The fourth-order valence-corrected chi connectivity index (χ4v) is 4.87. The summed E-state index contributed by atoms with van der Waals surface area (Å²) < 4.78 is 10.7. The van der Waals surface area contributed by atoms with Crippen molar-refractivity contribution in [3.63, 3.8) is 0 Å². The van der Waals surface area contributed by atoms with Gasteiger partial charge in [-0.3, -0.25) is 9.59 Å². The number of anilines is 1. The van der Waals surface area contributed by atoms with E-state index in [1.807, 2.05) is 43.5 Å². The number of benzene rings is 2. The average molecular weight is 586 g/mol. The van der Waals surface area contributed by atoms with Gasteiger partial charge in [-0.1, -0.05) is 44.2 Å². The van der Waals surface area contributed by atoms with E-state index in [9.17, 15) is 14.4 Å². The minimum absolute atomic E-state index is 0.283. The highest BCUT2D eigenvalue weighted by Gasteiger charge is 2.38. The Labute approximate surface area is 249 Å². The van der Waals surface area contributed by atoms with E-state index in [4.69, 9.17) is 9.47 Å². The molecular weight excluding hydrogens is 538 g/mol. The van der Waals surface area contributed by atoms with Gasteiger partial charge in [0.05, 0.1) is 7.11 Å². The lowest BCUT2D eigenvalue weighted by Crippen LogP contribution is -2.55. The van der Waals surface area contributed by atoms with Crippen LogP contribution in [0.2, 0.25) is 0 Å². The highest BCUT2D eigenvalue weighted by atomic mass is 32.2. The van der Waals surface area contributed by atoms with Crippen LogP contribution in [0.15, 0.2) is 54.6 Å². The average Bonchev–Trinajstić information content (AvgIpc) is 2.92. The summed E-state index contributed by atoms with van der Waals surface area (Å²) in [6, 6.07) is 14.3. The van der Waals surface area contributed by atoms with E-state index in [0.29, 0.717) is 41.5 Å². The van der Waals surface area contributed by atoms with E-state index in [-0.39, 0.29) is 17.9 Å². The van der Waals surface area contributed by atoms with Crippen LogP contribution in [0, 0.1) is 5.92 Å². The van der Waals surface area contributed by atoms with Crippen molar-refractivity contribution >= 4 is 35.4 Å². The van der Waals surface area contributed by atoms with E-state index >= 15 is 0 Å². The lowest BCUT2D eigenvalue weighted by atomic mass is 9.97. The Morgan fingerprint density at radius 2 is 1.56 bits per heavy atom. The van der Waals surface area contributed by atoms with Crippen LogP contribution in [0.25, 0.3) is 0 Å². The molecule has 0 aliphatic heterocycles. The Morgan fingerprint density at radius 1 is 0.927 bits per heavy atom. The molecule has 2 N–H and O–H groups in total. The van der Waals surface area contributed by atoms with E-state index in [0.717, 1.165) is 6.42 Å². The van der Waals surface area contributed by atoms with Crippen molar-refractivity contribution in [3.8, 4) is 5.75 Å². The Morgan fingerprint density at radius 3 is 2.10 bits per heavy atom. The molecule has 0 heterocycles. The molecule has 2 aromatic carbocycles. The quantitative estimate of drug-likeness (QED) is 0.257. The minimum Gasteiger partial charge on any atom is -0.497 e. The predicted molar refractivity (Wildman–Crippen MR) is 167 cm³/mol. The molecule has 2 aromatic rings. The molecule has 0 aromatic heterocycles. The third-order valence-electron chi connectivity index (χ3n) is 6.49. The molecule has 226 valence electrons. The second-order valence-corrected chi connectivity index (χ2v) is 12.6. The molecule has 3 amide bonds. The number of rotatable bonds is 14. The van der Waals surface area contributed by atoms with Crippen LogP contribution in [0.3, 0.4) is 0 Å². The summed E-state index contributed by atoms with van der Waals surface area (Å²) in [6.07, 6.45) is 3.26. The summed E-state index contributed by atoms with van der Waals surface area (Å²) in [5, 5.41) is 5.80. The monoisotopic (exact) mass is 585 g/mol. The Hall–Kier alpha value is -3.20. The number of carbonyl (C=O) groups excluding carboxylic acids is 3. The van der Waals surface area contributed by atoms with Crippen molar-refractivity contribution in [2.45, 2.75) is 84.5 Å². The summed E-state index contributed by atoms with van der Waals surface area (Å²) in [4.78, 5) is 43.0. The Bertz CT molecular complexity index is 1100. The highest BCUT2D eigenvalue weighted by molar-refractivity contribution is 7.98. The summed E-state index contributed by atoms with van der Waals surface area (Å²) in [5.74, 6) is 1.08. The zero-order chi connectivity index (χ0) is 30.6. The SMILES string of the molecule is COc1ccc(NC(=O)C(c2ccccc2)N(C(=O)C(CCSC)NC(=O)OC(C)(C)C)C(C)CCC(C)C)cc1. The number of nitrogens with zero attached hydrogens (tertiary/aromatic N) is 1. The van der Waals surface area contributed by atoms with E-state index in [2.05, 4.69) is 24.5 Å². The highest BCUT2D eigenvalue weighted by Crippen LogP contribution is 2.29. The van der Waals surface area contributed by atoms with Gasteiger partial charge in [-0.15, -0.1) is 0 Å². The van der Waals surface area contributed by atoms with Crippen molar-refractivity contribution in [3.05, 3.63) is 60.2 Å². The number of amides is 3. The summed E-state index contributed by atoms with van der Waals surface area (Å²) in [6.45, 7) is 11.6. The Kier molecular flexibility index (Phi) is 13.5. The van der Waals surface area contributed by atoms with Crippen LogP contribution in [0.1, 0.15) is 72.4 Å². The number of methoxy groups -OCH3 is 1. The van der Waals surface area contributed by atoms with Crippen LogP contribution >= 0.6 is 11.8 Å². The standard InChI is InChI=1S/C32H47N3O5S/c1-22(2)14-15-23(3)35(30(37)27(20-21-41-8)34-31(38)40-32(4,5)6)28(24-12-10-9-11-13-24)29(36)33-25-16-18-26(39-7)19-17-25/h9-13,16-19,22-23,27-28H,14-15,20-21H2,1-8H3,(H,33,36)(H,34,38). The lowest BCUT2D eigenvalue weighted by Gasteiger charge is -2.39. The topological polar surface area (TPSA) is 97.0 Å². The third kappa shape index (κ3) is 11.3. The third-order valence-corrected chi connectivity index (χ3v) is 7.13. The first-order valence-electron chi connectivity index (χ1n) is 14.2. The van der Waals surface area contributed by atoms with Gasteiger partial charge in [0.15, 0.2) is 0 Å². The molecule has 2 rings (SSSR count). The van der Waals surface area contributed by atoms with Gasteiger partial charge >= 0.3 is 6.09 Å². The lowest BCUT2D eigenvalue weighted by molar-refractivity contribution is -0.143. The van der Waals surface area contributed by atoms with Gasteiger partial charge in [-0.2, -0.15) is 11.8 Å². The fraction of sp³-hybridized carbons (Fsp3) is 0.531. The number of carbonyl (C=O) groups is 3. The molecule has 0 aliphatic carbocycles. The Balaban J connectivity index is 2.55. The van der Waals surface area contributed by atoms with Gasteiger partial charge in [0.25, 0.3) is 5.91 Å². The zero-order valence-corrected chi connectivity index (χ0v) is 26.5. The predicted octanol–water partition coefficient (Wildman–Crippen LogP) is 6.67. The molecule has 0 radical (unpaired) electrons. The van der Waals surface area contributed by atoms with Crippen molar-refractivity contribution in [2.75, 3.05) is 24.4 Å². The first kappa shape index (κ1) is 34.0. The van der Waals surface area contributed by atoms with Gasteiger partial charge in [0.1, 0.15) is 23.4 Å². The molecule has 8 nitrogen and oxygen atoms in total. The van der Waals surface area contributed by atoms with E-state index in [1.54, 1.807) is 68.8 Å². The number of alkyl carbamates (subject to hydrolysis) is 1. The second kappa shape index (κ2) is 16.3. The summed E-state index contributed by atoms with van der Waals surface area (Å²) >= 11 is 1.59. The second-order valence-electron chi connectivity index (χ2n) is 11.6. The molecule has 0 saturated heterocycles. The molecule has 0 bridgehead atoms. The first-order chi connectivity index (χ1) is 19.4. The van der Waals surface area contributed by atoms with Crippen molar-refractivity contribution in [2.24, 2.45) is 5.92 Å². The molecule has 0 spiro atoms. The molecule has 0 fully saturated rings. The number of hydrogen-bond donors (Lipinski definition) is 2. The van der Waals surface area contributed by atoms with Crippen LogP contribution in [-0.2, 0) is 14.3 Å². The van der Waals surface area contributed by atoms with Gasteiger partial charge in [-0.25, -0.2) is 4.79 Å². The van der Waals surface area contributed by atoms with Gasteiger partial charge in [-0.05, 0) is 94.7 Å². The molecule has 41 heavy (non-hydrogen) atoms. The molecule has 3 atom stereocenters. The number of ether oxygens (including phenoxy) is 2. The number of nitrogens with one attached hydrogen (secondary N) is 2. The largest absolute Gasteiger partial charge is 0.497 e. The first-order valence-corrected chi connectivity index (χ1v) is 15.6. The van der Waals surface area contributed by atoms with Gasteiger partial charge in [0.2, 0.25) is 5.91 Å². The minimum atomic E-state index is -0.926. The maximum Gasteiger partial charge on any atom is 0.408 e. The molecule has 3 unspecified atom stereocenters. The van der Waals surface area contributed by atoms with E-state index in [1.165, 1.54) is 0 Å². The zero-order valence-electron chi connectivity index (χ0n) is 25.7. The van der Waals surface area contributed by atoms with Crippen LogP contribution < -0.4 is 15.4 Å². The van der Waals surface area contributed by atoms with Gasteiger partial charge < -0.3 is 25.0 Å². The maximum atomic E-state index is 14.4. The van der Waals surface area contributed by atoms with Crippen LogP contribution in [0.5, 0.6) is 5.75 Å². The van der Waals surface area contributed by atoms with Crippen molar-refractivity contribution in [1.82, 2.24) is 10.2 Å². The van der Waals surface area contributed by atoms with E-state index < -0.39 is 23.8 Å². The summed E-state index contributed by atoms with van der Waals surface area (Å²) in [7, 11) is 1.58. The molecule has 9 heteroatoms. The number of hydrogen-bond acceptors (Lipinski definition) is 6. The maximum absolute atomic E-state index is 14.4. The normalized spacial score (nSPS) is 13.6. The fourth-order valence-electron chi connectivity index (χ4n) is 4.39. The smallest absolute Gasteiger partial charge is 0.408 e. The molecular formula is C32H47N3O5S. The molecule has 0 saturated carbocycles. The van der Waals surface area contributed by atoms with Crippen molar-refractivity contribution in [1.29, 1.82) is 0 Å². The van der Waals surface area contributed by atoms with Crippen LogP contribution in [-0.4, -0.2) is 59.6 Å². The summed E-state index contributed by atoms with van der Waals surface area (Å²) in [5.41, 5.74) is 0.556. The molecule has 0 aliphatic rings. The number of thioether (sulfide) groups is 1. The van der Waals surface area contributed by atoms with Gasteiger partial charge in [0, 0.05) is 11.7 Å². The van der Waals surface area contributed by atoms with Crippen LogP contribution in [0.4, 0.5) is 10.5 Å².